The van der Waals surface area contributed by atoms with Gasteiger partial charge in [0.2, 0.25) is 0 Å². The van der Waals surface area contributed by atoms with Gasteiger partial charge in [0, 0.05) is 0 Å². The predicted octanol–water partition coefficient (Wildman–Crippen LogP) is 3.07. The lowest BCUT2D eigenvalue weighted by molar-refractivity contribution is -0.144. The van der Waals surface area contributed by atoms with Crippen molar-refractivity contribution in [2.45, 2.75) is 18.4 Å². The topological polar surface area (TPSA) is 49.3 Å². The number of carbonyl (C=O) groups is 1. The minimum atomic E-state index is -5.01. The molecule has 112 valence electrons. The van der Waals surface area contributed by atoms with Crippen LogP contribution in [-0.4, -0.2) is 18.1 Å². The molecular weight excluding hydrogens is 292 g/mol. The summed E-state index contributed by atoms with van der Waals surface area (Å²) >= 11 is 0. The van der Waals surface area contributed by atoms with E-state index >= 15 is 0 Å². The third-order valence-electron chi connectivity index (χ3n) is 2.48. The van der Waals surface area contributed by atoms with Crippen LogP contribution in [-0.2, 0) is 17.1 Å². The number of nitrogens with one attached hydrogen (secondary N) is 1. The molecule has 0 radical (unpaired) electrons. The van der Waals surface area contributed by atoms with Gasteiger partial charge < -0.3 is 10.4 Å². The predicted molar refractivity (Wildman–Crippen MR) is 55.9 cm³/mol. The number of hydrogen-bond donors (Lipinski definition) is 2. The third kappa shape index (κ3) is 3.62. The molecule has 9 heteroatoms. The first kappa shape index (κ1) is 16.3. The second-order valence-electron chi connectivity index (χ2n) is 3.90. The van der Waals surface area contributed by atoms with Gasteiger partial charge in [-0.3, -0.25) is 4.79 Å². The highest BCUT2D eigenvalue weighted by atomic mass is 19.4. The lowest BCUT2D eigenvalue weighted by Gasteiger charge is -2.17. The molecule has 0 aliphatic rings. The van der Waals surface area contributed by atoms with Crippen LogP contribution < -0.4 is 5.32 Å². The summed E-state index contributed by atoms with van der Waals surface area (Å²) in [5.74, 6) is -1.58. The van der Waals surface area contributed by atoms with Gasteiger partial charge in [0.05, 0.1) is 11.1 Å². The van der Waals surface area contributed by atoms with Crippen molar-refractivity contribution in [3.05, 3.63) is 34.9 Å². The van der Waals surface area contributed by atoms with E-state index in [2.05, 4.69) is 5.32 Å². The molecule has 0 spiro atoms. The number of carboxylic acid groups (broad SMARTS) is 1. The molecule has 20 heavy (non-hydrogen) atoms. The molecule has 0 heterocycles. The second kappa shape index (κ2) is 5.31. The maximum absolute atomic E-state index is 12.6. The van der Waals surface area contributed by atoms with Crippen LogP contribution >= 0.6 is 0 Å². The lowest BCUT2D eigenvalue weighted by atomic mass is 9.99. The highest BCUT2D eigenvalue weighted by molar-refractivity contribution is 5.75. The van der Waals surface area contributed by atoms with Gasteiger partial charge in [0.25, 0.3) is 0 Å². The van der Waals surface area contributed by atoms with E-state index < -0.39 is 41.1 Å². The summed E-state index contributed by atoms with van der Waals surface area (Å²) in [6.45, 7) is 0. The first-order valence-electron chi connectivity index (χ1n) is 5.16. The molecule has 1 aromatic carbocycles. The number of alkyl halides is 6. The van der Waals surface area contributed by atoms with Gasteiger partial charge in [0.1, 0.15) is 6.04 Å². The van der Waals surface area contributed by atoms with E-state index in [1.165, 1.54) is 0 Å². The molecule has 0 saturated carbocycles. The molecular formula is C11H9F6NO2. The Kier molecular flexibility index (Phi) is 4.33. The van der Waals surface area contributed by atoms with Gasteiger partial charge >= 0.3 is 18.3 Å². The molecule has 0 fully saturated rings. The smallest absolute Gasteiger partial charge is 0.416 e. The van der Waals surface area contributed by atoms with E-state index in [0.29, 0.717) is 12.1 Å². The minimum absolute atomic E-state index is 0.0575. The monoisotopic (exact) mass is 301 g/mol. The largest absolute Gasteiger partial charge is 0.480 e. The fraction of sp³-hybridized carbons (Fsp3) is 0.364. The number of rotatable bonds is 3. The first-order valence-corrected chi connectivity index (χ1v) is 5.16. The molecule has 0 aliphatic heterocycles. The Morgan fingerprint density at radius 1 is 1.05 bits per heavy atom. The molecule has 1 atom stereocenters. The zero-order valence-electron chi connectivity index (χ0n) is 9.93. The number of aliphatic carboxylic acids is 1. The summed E-state index contributed by atoms with van der Waals surface area (Å²) in [6, 6.07) is -0.967. The molecule has 2 N–H and O–H groups in total. The molecule has 0 aliphatic carbocycles. The SMILES string of the molecule is CNC(C(=O)O)c1cc(C(F)(F)F)cc(C(F)(F)F)c1. The molecule has 3 nitrogen and oxygen atoms in total. The molecule has 0 bridgehead atoms. The van der Waals surface area contributed by atoms with Crippen molar-refractivity contribution < 1.29 is 36.2 Å². The Morgan fingerprint density at radius 2 is 1.45 bits per heavy atom. The number of halogens is 6. The minimum Gasteiger partial charge on any atom is -0.480 e. The van der Waals surface area contributed by atoms with Gasteiger partial charge in [-0.2, -0.15) is 26.3 Å². The average Bonchev–Trinajstić information content (AvgIpc) is 2.26. The second-order valence-corrected chi connectivity index (χ2v) is 3.90. The van der Waals surface area contributed by atoms with Crippen molar-refractivity contribution in [3.8, 4) is 0 Å². The Labute approximate surface area is 109 Å². The Balaban J connectivity index is 3.49. The van der Waals surface area contributed by atoms with Gasteiger partial charge in [0.15, 0.2) is 0 Å². The molecule has 0 amide bonds. The van der Waals surface area contributed by atoms with E-state index in [-0.39, 0.29) is 6.07 Å². The standard InChI is InChI=1S/C11H9F6NO2/c1-18-8(9(19)20)5-2-6(10(12,13)14)4-7(3-5)11(15,16)17/h2-4,8,18H,1H3,(H,19,20). The van der Waals surface area contributed by atoms with Crippen LogP contribution in [0.15, 0.2) is 18.2 Å². The molecule has 1 unspecified atom stereocenters. The summed E-state index contributed by atoms with van der Waals surface area (Å²) in [5, 5.41) is 10.9. The van der Waals surface area contributed by atoms with Crippen LogP contribution in [0.25, 0.3) is 0 Å². The van der Waals surface area contributed by atoms with E-state index in [1.807, 2.05) is 0 Å². The lowest BCUT2D eigenvalue weighted by Crippen LogP contribution is -2.26. The van der Waals surface area contributed by atoms with Crippen molar-refractivity contribution in [2.24, 2.45) is 0 Å². The molecule has 1 rings (SSSR count). The van der Waals surface area contributed by atoms with Crippen molar-refractivity contribution in [1.29, 1.82) is 0 Å². The Hall–Kier alpha value is -1.77. The Morgan fingerprint density at radius 3 is 1.70 bits per heavy atom. The average molecular weight is 301 g/mol. The van der Waals surface area contributed by atoms with Gasteiger partial charge in [-0.05, 0) is 30.8 Å². The third-order valence-corrected chi connectivity index (χ3v) is 2.48. The van der Waals surface area contributed by atoms with Crippen LogP contribution in [0.4, 0.5) is 26.3 Å². The molecule has 0 saturated heterocycles. The van der Waals surface area contributed by atoms with Crippen molar-refractivity contribution in [3.63, 3.8) is 0 Å². The van der Waals surface area contributed by atoms with E-state index in [4.69, 9.17) is 5.11 Å². The quantitative estimate of drug-likeness (QED) is 0.844. The fourth-order valence-electron chi connectivity index (χ4n) is 1.58. The first-order chi connectivity index (χ1) is 8.96. The number of hydrogen-bond acceptors (Lipinski definition) is 2. The van der Waals surface area contributed by atoms with Gasteiger partial charge in [-0.1, -0.05) is 0 Å². The van der Waals surface area contributed by atoms with Crippen molar-refractivity contribution >= 4 is 5.97 Å². The zero-order valence-corrected chi connectivity index (χ0v) is 9.93. The van der Waals surface area contributed by atoms with Crippen molar-refractivity contribution in [2.75, 3.05) is 7.05 Å². The normalized spacial score (nSPS) is 14.2. The van der Waals surface area contributed by atoms with Crippen LogP contribution in [0.2, 0.25) is 0 Å². The molecule has 0 aromatic heterocycles. The summed E-state index contributed by atoms with van der Waals surface area (Å²) in [6.07, 6.45) is -10.0. The maximum atomic E-state index is 12.6. The van der Waals surface area contributed by atoms with Crippen LogP contribution in [0.5, 0.6) is 0 Å². The number of likely N-dealkylation sites (N-methyl/N-ethyl adjacent to an activating group) is 1. The zero-order chi connectivity index (χ0) is 15.7. The van der Waals surface area contributed by atoms with Crippen molar-refractivity contribution in [1.82, 2.24) is 5.32 Å². The van der Waals surface area contributed by atoms with E-state index in [0.717, 1.165) is 7.05 Å². The summed E-state index contributed by atoms with van der Waals surface area (Å²) < 4.78 is 75.4. The van der Waals surface area contributed by atoms with Crippen LogP contribution in [0.3, 0.4) is 0 Å². The van der Waals surface area contributed by atoms with Crippen LogP contribution in [0, 0.1) is 0 Å². The molecule has 1 aromatic rings. The highest BCUT2D eigenvalue weighted by Gasteiger charge is 2.38. The van der Waals surface area contributed by atoms with E-state index in [9.17, 15) is 31.1 Å². The van der Waals surface area contributed by atoms with E-state index in [1.54, 1.807) is 0 Å². The summed E-state index contributed by atoms with van der Waals surface area (Å²) in [7, 11) is 1.12. The van der Waals surface area contributed by atoms with Crippen LogP contribution in [0.1, 0.15) is 22.7 Å². The Bertz CT molecular complexity index is 476. The number of benzene rings is 1. The summed E-state index contributed by atoms with van der Waals surface area (Å²) in [4.78, 5) is 10.8. The maximum Gasteiger partial charge on any atom is 0.416 e. The summed E-state index contributed by atoms with van der Waals surface area (Å²) in [5.41, 5.74) is -3.73. The highest BCUT2D eigenvalue weighted by Crippen LogP contribution is 2.37. The number of carboxylic acids is 1. The van der Waals surface area contributed by atoms with Gasteiger partial charge in [-0.15, -0.1) is 0 Å². The fourth-order valence-corrected chi connectivity index (χ4v) is 1.58. The van der Waals surface area contributed by atoms with Gasteiger partial charge in [-0.25, -0.2) is 0 Å².